The molecular weight excluding hydrogens is 259 g/mol. The maximum atomic E-state index is 13.7. The average Bonchev–Trinajstić information content (AvgIpc) is 2.92. The lowest BCUT2D eigenvalue weighted by atomic mass is 9.79. The highest BCUT2D eigenvalue weighted by Crippen LogP contribution is 2.42. The highest BCUT2D eigenvalue weighted by molar-refractivity contribution is 5.78. The second-order valence-electron chi connectivity index (χ2n) is 5.54. The molecule has 0 spiro atoms. The van der Waals surface area contributed by atoms with Gasteiger partial charge in [0.05, 0.1) is 0 Å². The highest BCUT2D eigenvalue weighted by Gasteiger charge is 2.41. The van der Waals surface area contributed by atoms with E-state index in [-0.39, 0.29) is 5.58 Å². The lowest BCUT2D eigenvalue weighted by molar-refractivity contribution is -0.131. The SMILES string of the molecule is COC1(C(O)c2cc3cccc(F)c3o2)CCCCC1. The van der Waals surface area contributed by atoms with Gasteiger partial charge in [-0.25, -0.2) is 4.39 Å². The number of hydrogen-bond acceptors (Lipinski definition) is 3. The minimum Gasteiger partial charge on any atom is -0.455 e. The number of para-hydroxylation sites is 1. The van der Waals surface area contributed by atoms with Crippen LogP contribution >= 0.6 is 0 Å². The number of hydrogen-bond donors (Lipinski definition) is 1. The molecule has 1 heterocycles. The van der Waals surface area contributed by atoms with Crippen LogP contribution in [0.2, 0.25) is 0 Å². The molecule has 1 aromatic carbocycles. The molecule has 3 nitrogen and oxygen atoms in total. The van der Waals surface area contributed by atoms with Gasteiger partial charge in [0.2, 0.25) is 0 Å². The van der Waals surface area contributed by atoms with Gasteiger partial charge in [-0.05, 0) is 25.0 Å². The van der Waals surface area contributed by atoms with E-state index in [1.807, 2.05) is 0 Å². The van der Waals surface area contributed by atoms with Crippen molar-refractivity contribution in [3.63, 3.8) is 0 Å². The Labute approximate surface area is 117 Å². The topological polar surface area (TPSA) is 42.6 Å². The maximum absolute atomic E-state index is 13.7. The summed E-state index contributed by atoms with van der Waals surface area (Å²) in [6.45, 7) is 0. The predicted molar refractivity (Wildman–Crippen MR) is 74.0 cm³/mol. The molecular formula is C16H19FO3. The standard InChI is InChI=1S/C16H19FO3/c1-19-16(8-3-2-4-9-16)15(18)13-10-11-6-5-7-12(17)14(11)20-13/h5-7,10,15,18H,2-4,8-9H2,1H3. The average molecular weight is 278 g/mol. The van der Waals surface area contributed by atoms with E-state index < -0.39 is 17.5 Å². The first kappa shape index (κ1) is 13.6. The molecule has 1 saturated carbocycles. The lowest BCUT2D eigenvalue weighted by Crippen LogP contribution is -2.40. The highest BCUT2D eigenvalue weighted by atomic mass is 19.1. The van der Waals surface area contributed by atoms with Crippen LogP contribution in [0, 0.1) is 5.82 Å². The molecule has 1 fully saturated rings. The molecule has 0 aliphatic heterocycles. The fourth-order valence-electron chi connectivity index (χ4n) is 3.18. The summed E-state index contributed by atoms with van der Waals surface area (Å²) in [7, 11) is 1.62. The van der Waals surface area contributed by atoms with Gasteiger partial charge in [0.25, 0.3) is 0 Å². The van der Waals surface area contributed by atoms with Crippen LogP contribution in [0.1, 0.15) is 44.0 Å². The van der Waals surface area contributed by atoms with Gasteiger partial charge >= 0.3 is 0 Å². The van der Waals surface area contributed by atoms with Crippen molar-refractivity contribution < 1.29 is 18.7 Å². The van der Waals surface area contributed by atoms with Gasteiger partial charge in [-0.2, -0.15) is 0 Å². The molecule has 2 aromatic rings. The first-order chi connectivity index (χ1) is 9.66. The van der Waals surface area contributed by atoms with Crippen molar-refractivity contribution in [3.05, 3.63) is 35.8 Å². The molecule has 0 saturated heterocycles. The zero-order valence-electron chi connectivity index (χ0n) is 11.6. The first-order valence-electron chi connectivity index (χ1n) is 7.07. The zero-order valence-corrected chi connectivity index (χ0v) is 11.6. The second-order valence-corrected chi connectivity index (χ2v) is 5.54. The van der Waals surface area contributed by atoms with Crippen LogP contribution in [0.15, 0.2) is 28.7 Å². The summed E-state index contributed by atoms with van der Waals surface area (Å²) in [4.78, 5) is 0. The third-order valence-electron chi connectivity index (χ3n) is 4.39. The minimum absolute atomic E-state index is 0.198. The van der Waals surface area contributed by atoms with Crippen molar-refractivity contribution in [3.8, 4) is 0 Å². The molecule has 0 bridgehead atoms. The summed E-state index contributed by atoms with van der Waals surface area (Å²) in [5.41, 5.74) is -0.411. The van der Waals surface area contributed by atoms with Crippen LogP contribution in [-0.4, -0.2) is 17.8 Å². The Morgan fingerprint density at radius 2 is 2.05 bits per heavy atom. The van der Waals surface area contributed by atoms with Gasteiger partial charge in [-0.3, -0.25) is 0 Å². The van der Waals surface area contributed by atoms with Gasteiger partial charge in [-0.1, -0.05) is 31.4 Å². The smallest absolute Gasteiger partial charge is 0.170 e. The van der Waals surface area contributed by atoms with E-state index in [2.05, 4.69) is 0 Å². The summed E-state index contributed by atoms with van der Waals surface area (Å²) < 4.78 is 24.8. The van der Waals surface area contributed by atoms with Gasteiger partial charge in [-0.15, -0.1) is 0 Å². The van der Waals surface area contributed by atoms with Crippen molar-refractivity contribution in [2.24, 2.45) is 0 Å². The van der Waals surface area contributed by atoms with Gasteiger partial charge in [0.1, 0.15) is 17.5 Å². The quantitative estimate of drug-likeness (QED) is 0.924. The molecule has 1 aromatic heterocycles. The molecule has 1 unspecified atom stereocenters. The molecule has 1 aliphatic rings. The minimum atomic E-state index is -0.861. The summed E-state index contributed by atoms with van der Waals surface area (Å²) >= 11 is 0. The number of methoxy groups -OCH3 is 1. The molecule has 4 heteroatoms. The van der Waals surface area contributed by atoms with Crippen molar-refractivity contribution in [1.29, 1.82) is 0 Å². The van der Waals surface area contributed by atoms with Crippen LogP contribution in [0.3, 0.4) is 0 Å². The Hall–Kier alpha value is -1.39. The number of halogens is 1. The largest absolute Gasteiger partial charge is 0.455 e. The van der Waals surface area contributed by atoms with Crippen molar-refractivity contribution >= 4 is 11.0 Å². The fourth-order valence-corrected chi connectivity index (χ4v) is 3.18. The fraction of sp³-hybridized carbons (Fsp3) is 0.500. The van der Waals surface area contributed by atoms with Crippen molar-refractivity contribution in [2.45, 2.75) is 43.8 Å². The number of furan rings is 1. The van der Waals surface area contributed by atoms with Gasteiger partial charge in [0, 0.05) is 12.5 Å². The number of aliphatic hydroxyl groups is 1. The Balaban J connectivity index is 1.98. The first-order valence-corrected chi connectivity index (χ1v) is 7.07. The number of aliphatic hydroxyl groups excluding tert-OH is 1. The second kappa shape index (κ2) is 5.19. The van der Waals surface area contributed by atoms with Gasteiger partial charge in [0.15, 0.2) is 11.4 Å². The Morgan fingerprint density at radius 1 is 1.30 bits per heavy atom. The molecule has 108 valence electrons. The van der Waals surface area contributed by atoms with E-state index in [0.29, 0.717) is 11.1 Å². The van der Waals surface area contributed by atoms with E-state index in [0.717, 1.165) is 32.1 Å². The van der Waals surface area contributed by atoms with Crippen LogP contribution in [0.4, 0.5) is 4.39 Å². The monoisotopic (exact) mass is 278 g/mol. The van der Waals surface area contributed by atoms with Crippen LogP contribution in [0.5, 0.6) is 0 Å². The Kier molecular flexibility index (Phi) is 3.52. The zero-order chi connectivity index (χ0) is 14.2. The molecule has 1 atom stereocenters. The van der Waals surface area contributed by atoms with Crippen LogP contribution in [0.25, 0.3) is 11.0 Å². The summed E-state index contributed by atoms with van der Waals surface area (Å²) in [5, 5.41) is 11.3. The van der Waals surface area contributed by atoms with E-state index in [4.69, 9.17) is 9.15 Å². The third kappa shape index (κ3) is 2.13. The normalized spacial score (nSPS) is 20.1. The Bertz CT molecular complexity index is 599. The van der Waals surface area contributed by atoms with E-state index in [9.17, 15) is 9.50 Å². The molecule has 0 amide bonds. The van der Waals surface area contributed by atoms with E-state index in [1.165, 1.54) is 6.07 Å². The predicted octanol–water partition coefficient (Wildman–Crippen LogP) is 3.95. The number of ether oxygens (including phenoxy) is 1. The lowest BCUT2D eigenvalue weighted by Gasteiger charge is -2.38. The summed E-state index contributed by atoms with van der Waals surface area (Å²) in [5.74, 6) is -0.0232. The summed E-state index contributed by atoms with van der Waals surface area (Å²) in [6, 6.07) is 6.47. The molecule has 3 rings (SSSR count). The molecule has 1 aliphatic carbocycles. The number of fused-ring (bicyclic) bond motifs is 1. The van der Waals surface area contributed by atoms with Crippen LogP contribution in [-0.2, 0) is 4.74 Å². The Morgan fingerprint density at radius 3 is 2.70 bits per heavy atom. The van der Waals surface area contributed by atoms with Crippen molar-refractivity contribution in [1.82, 2.24) is 0 Å². The number of rotatable bonds is 3. The summed E-state index contributed by atoms with van der Waals surface area (Å²) in [6.07, 6.45) is 3.94. The van der Waals surface area contributed by atoms with Gasteiger partial charge < -0.3 is 14.3 Å². The van der Waals surface area contributed by atoms with E-state index in [1.54, 1.807) is 25.3 Å². The molecule has 20 heavy (non-hydrogen) atoms. The molecule has 0 radical (unpaired) electrons. The molecule has 1 N–H and O–H groups in total. The number of benzene rings is 1. The van der Waals surface area contributed by atoms with Crippen molar-refractivity contribution in [2.75, 3.05) is 7.11 Å². The third-order valence-corrected chi connectivity index (χ3v) is 4.39. The van der Waals surface area contributed by atoms with E-state index >= 15 is 0 Å². The maximum Gasteiger partial charge on any atom is 0.170 e. The van der Waals surface area contributed by atoms with Crippen LogP contribution < -0.4 is 0 Å².